The number of rotatable bonds is 3. The summed E-state index contributed by atoms with van der Waals surface area (Å²) in [6, 6.07) is 5.39. The van der Waals surface area contributed by atoms with Crippen LogP contribution in [0.3, 0.4) is 0 Å². The summed E-state index contributed by atoms with van der Waals surface area (Å²) in [6.07, 6.45) is 0. The molecular weight excluding hydrogens is 226 g/mol. The van der Waals surface area contributed by atoms with Crippen LogP contribution in [0.4, 0.5) is 11.4 Å². The zero-order valence-electron chi connectivity index (χ0n) is 11.8. The summed E-state index contributed by atoms with van der Waals surface area (Å²) in [4.78, 5) is 11.9. The molecule has 1 aromatic rings. The first-order valence-electron chi connectivity index (χ1n) is 6.13. The summed E-state index contributed by atoms with van der Waals surface area (Å²) in [5, 5.41) is 6.09. The number of hydrogen-bond donors (Lipinski definition) is 3. The molecule has 1 aromatic carbocycles. The van der Waals surface area contributed by atoms with Crippen molar-refractivity contribution in [3.05, 3.63) is 23.8 Å². The fourth-order valence-electron chi connectivity index (χ4n) is 1.69. The van der Waals surface area contributed by atoms with Gasteiger partial charge in [0.25, 0.3) is 0 Å². The first-order valence-corrected chi connectivity index (χ1v) is 6.13. The number of amides is 1. The van der Waals surface area contributed by atoms with Crippen molar-refractivity contribution >= 4 is 17.3 Å². The lowest BCUT2D eigenvalue weighted by atomic mass is 10.1. The summed E-state index contributed by atoms with van der Waals surface area (Å²) in [6.45, 7) is 9.69. The number of carbonyl (C=O) groups is 1. The summed E-state index contributed by atoms with van der Waals surface area (Å²) in [5.41, 5.74) is 8.18. The van der Waals surface area contributed by atoms with E-state index in [1.54, 1.807) is 0 Å². The highest BCUT2D eigenvalue weighted by Gasteiger charge is 2.19. The zero-order valence-corrected chi connectivity index (χ0v) is 11.8. The minimum Gasteiger partial charge on any atom is -0.399 e. The number of anilines is 2. The van der Waals surface area contributed by atoms with E-state index in [9.17, 15) is 4.79 Å². The Morgan fingerprint density at radius 2 is 1.89 bits per heavy atom. The summed E-state index contributed by atoms with van der Waals surface area (Å²) >= 11 is 0. The molecule has 0 saturated heterocycles. The highest BCUT2D eigenvalue weighted by Crippen LogP contribution is 2.16. The van der Waals surface area contributed by atoms with Crippen LogP contribution in [0.1, 0.15) is 33.3 Å². The lowest BCUT2D eigenvalue weighted by Gasteiger charge is -2.24. The van der Waals surface area contributed by atoms with Crippen LogP contribution in [0.2, 0.25) is 0 Å². The highest BCUT2D eigenvalue weighted by molar-refractivity contribution is 5.84. The predicted molar refractivity (Wildman–Crippen MR) is 76.6 cm³/mol. The Labute approximate surface area is 109 Å². The normalized spacial score (nSPS) is 12.9. The predicted octanol–water partition coefficient (Wildman–Crippen LogP) is 2.29. The van der Waals surface area contributed by atoms with E-state index in [0.717, 1.165) is 11.3 Å². The molecule has 0 heterocycles. The molecule has 18 heavy (non-hydrogen) atoms. The fraction of sp³-hybridized carbons (Fsp3) is 0.500. The number of aryl methyl sites for hydroxylation is 1. The Hall–Kier alpha value is -1.71. The van der Waals surface area contributed by atoms with Gasteiger partial charge >= 0.3 is 0 Å². The summed E-state index contributed by atoms with van der Waals surface area (Å²) < 4.78 is 0. The number of nitrogens with one attached hydrogen (secondary N) is 2. The topological polar surface area (TPSA) is 67.1 Å². The molecule has 0 aliphatic rings. The van der Waals surface area contributed by atoms with Gasteiger partial charge in [0.1, 0.15) is 6.04 Å². The van der Waals surface area contributed by atoms with E-state index in [-0.39, 0.29) is 17.5 Å². The van der Waals surface area contributed by atoms with Gasteiger partial charge in [0.05, 0.1) is 0 Å². The minimum absolute atomic E-state index is 0.0254. The molecule has 4 nitrogen and oxygen atoms in total. The third-order valence-corrected chi connectivity index (χ3v) is 2.37. The fourth-order valence-corrected chi connectivity index (χ4v) is 1.69. The Bertz CT molecular complexity index is 415. The molecule has 1 amide bonds. The highest BCUT2D eigenvalue weighted by atomic mass is 16.2. The van der Waals surface area contributed by atoms with Gasteiger partial charge in [-0.3, -0.25) is 4.79 Å². The molecule has 4 N–H and O–H groups in total. The van der Waals surface area contributed by atoms with Crippen LogP contribution in [0.5, 0.6) is 0 Å². The molecule has 1 atom stereocenters. The van der Waals surface area contributed by atoms with Gasteiger partial charge in [-0.1, -0.05) is 0 Å². The maximum Gasteiger partial charge on any atom is 0.242 e. The lowest BCUT2D eigenvalue weighted by Crippen LogP contribution is -2.47. The van der Waals surface area contributed by atoms with Crippen molar-refractivity contribution in [2.24, 2.45) is 0 Å². The van der Waals surface area contributed by atoms with E-state index in [4.69, 9.17) is 5.73 Å². The standard InChI is InChI=1S/C14H23N3O/c1-9-6-11(15)8-12(7-9)16-10(2)13(18)17-14(3,4)5/h6-8,10,16H,15H2,1-5H3,(H,17,18). The van der Waals surface area contributed by atoms with E-state index in [2.05, 4.69) is 10.6 Å². The van der Waals surface area contributed by atoms with Crippen LogP contribution in [0, 0.1) is 6.92 Å². The van der Waals surface area contributed by atoms with Crippen molar-refractivity contribution in [1.82, 2.24) is 5.32 Å². The molecule has 1 rings (SSSR count). The second-order valence-corrected chi connectivity index (χ2v) is 5.74. The van der Waals surface area contributed by atoms with Gasteiger partial charge in [0, 0.05) is 16.9 Å². The number of benzene rings is 1. The summed E-state index contributed by atoms with van der Waals surface area (Å²) in [5.74, 6) is -0.0254. The molecular formula is C14H23N3O. The number of hydrogen-bond acceptors (Lipinski definition) is 3. The van der Waals surface area contributed by atoms with Crippen molar-refractivity contribution < 1.29 is 4.79 Å². The average Bonchev–Trinajstić information content (AvgIpc) is 2.12. The maximum absolute atomic E-state index is 11.9. The van der Waals surface area contributed by atoms with Crippen molar-refractivity contribution in [3.8, 4) is 0 Å². The van der Waals surface area contributed by atoms with Gasteiger partial charge in [0.15, 0.2) is 0 Å². The van der Waals surface area contributed by atoms with E-state index in [1.807, 2.05) is 52.8 Å². The van der Waals surface area contributed by atoms with Crippen molar-refractivity contribution in [2.45, 2.75) is 46.2 Å². The average molecular weight is 249 g/mol. The van der Waals surface area contributed by atoms with Crippen LogP contribution in [-0.4, -0.2) is 17.5 Å². The van der Waals surface area contributed by atoms with E-state index in [0.29, 0.717) is 5.69 Å². The van der Waals surface area contributed by atoms with Gasteiger partial charge in [-0.25, -0.2) is 0 Å². The largest absolute Gasteiger partial charge is 0.399 e. The van der Waals surface area contributed by atoms with Crippen LogP contribution in [0.15, 0.2) is 18.2 Å². The van der Waals surface area contributed by atoms with Crippen molar-refractivity contribution in [1.29, 1.82) is 0 Å². The van der Waals surface area contributed by atoms with Crippen LogP contribution >= 0.6 is 0 Å². The smallest absolute Gasteiger partial charge is 0.242 e. The second-order valence-electron chi connectivity index (χ2n) is 5.74. The number of nitrogen functional groups attached to an aromatic ring is 1. The molecule has 0 aliphatic carbocycles. The molecule has 0 aliphatic heterocycles. The zero-order chi connectivity index (χ0) is 13.9. The van der Waals surface area contributed by atoms with E-state index >= 15 is 0 Å². The number of carbonyl (C=O) groups excluding carboxylic acids is 1. The van der Waals surface area contributed by atoms with E-state index in [1.165, 1.54) is 0 Å². The van der Waals surface area contributed by atoms with Gasteiger partial charge in [-0.05, 0) is 58.4 Å². The van der Waals surface area contributed by atoms with Crippen molar-refractivity contribution in [2.75, 3.05) is 11.1 Å². The number of nitrogens with two attached hydrogens (primary N) is 1. The Morgan fingerprint density at radius 1 is 1.28 bits per heavy atom. The lowest BCUT2D eigenvalue weighted by molar-refractivity contribution is -0.122. The molecule has 0 fully saturated rings. The Morgan fingerprint density at radius 3 is 2.39 bits per heavy atom. The third-order valence-electron chi connectivity index (χ3n) is 2.37. The molecule has 0 saturated carbocycles. The van der Waals surface area contributed by atoms with Gasteiger partial charge in [-0.15, -0.1) is 0 Å². The summed E-state index contributed by atoms with van der Waals surface area (Å²) in [7, 11) is 0. The first-order chi connectivity index (χ1) is 8.17. The minimum atomic E-state index is -0.301. The molecule has 0 radical (unpaired) electrons. The maximum atomic E-state index is 11.9. The molecule has 0 bridgehead atoms. The van der Waals surface area contributed by atoms with Gasteiger partial charge < -0.3 is 16.4 Å². The van der Waals surface area contributed by atoms with Crippen LogP contribution in [-0.2, 0) is 4.79 Å². The van der Waals surface area contributed by atoms with E-state index < -0.39 is 0 Å². The van der Waals surface area contributed by atoms with Crippen LogP contribution in [0.25, 0.3) is 0 Å². The Kier molecular flexibility index (Phi) is 4.22. The monoisotopic (exact) mass is 249 g/mol. The van der Waals surface area contributed by atoms with Crippen LogP contribution < -0.4 is 16.4 Å². The molecule has 0 aromatic heterocycles. The SMILES string of the molecule is Cc1cc(N)cc(NC(C)C(=O)NC(C)(C)C)c1. The van der Waals surface area contributed by atoms with Gasteiger partial charge in [0.2, 0.25) is 5.91 Å². The second kappa shape index (κ2) is 5.29. The molecule has 1 unspecified atom stereocenters. The quantitative estimate of drug-likeness (QED) is 0.720. The first kappa shape index (κ1) is 14.4. The van der Waals surface area contributed by atoms with Crippen molar-refractivity contribution in [3.63, 3.8) is 0 Å². The molecule has 100 valence electrons. The third kappa shape index (κ3) is 4.65. The van der Waals surface area contributed by atoms with Gasteiger partial charge in [-0.2, -0.15) is 0 Å². The Balaban J connectivity index is 2.69. The molecule has 4 heteroatoms. The molecule has 0 spiro atoms.